The van der Waals surface area contributed by atoms with Gasteiger partial charge in [-0.25, -0.2) is 9.97 Å². The van der Waals surface area contributed by atoms with Gasteiger partial charge in [0.05, 0.1) is 24.6 Å². The zero-order valence-corrected chi connectivity index (χ0v) is 17.9. The van der Waals surface area contributed by atoms with Gasteiger partial charge >= 0.3 is 0 Å². The number of halogens is 2. The number of nitrogens with one attached hydrogen (secondary N) is 2. The molecule has 28 heavy (non-hydrogen) atoms. The van der Waals surface area contributed by atoms with Crippen molar-refractivity contribution in [3.05, 3.63) is 24.2 Å². The molecule has 4 heterocycles. The number of imidazole rings is 1. The van der Waals surface area contributed by atoms with Crippen LogP contribution in [0, 0.1) is 5.41 Å². The van der Waals surface area contributed by atoms with Crippen LogP contribution in [0.5, 0.6) is 0 Å². The van der Waals surface area contributed by atoms with Crippen LogP contribution in [0.2, 0.25) is 0 Å². The molecule has 7 nitrogen and oxygen atoms in total. The Morgan fingerprint density at radius 1 is 1.36 bits per heavy atom. The molecule has 2 aromatic heterocycles. The molecule has 0 aromatic carbocycles. The first-order valence-electron chi connectivity index (χ1n) is 9.49. The van der Waals surface area contributed by atoms with Crippen LogP contribution in [0.4, 0.5) is 0 Å². The van der Waals surface area contributed by atoms with Crippen molar-refractivity contribution in [3.63, 3.8) is 0 Å². The number of nitrogens with zero attached hydrogens (tertiary/aromatic N) is 3. The topological polar surface area (TPSA) is 81.1 Å². The van der Waals surface area contributed by atoms with E-state index in [0.717, 1.165) is 50.1 Å². The smallest absolute Gasteiger partial charge is 0.253 e. The minimum atomic E-state index is -0.117. The molecule has 1 atom stereocenters. The summed E-state index contributed by atoms with van der Waals surface area (Å²) >= 11 is 0. The van der Waals surface area contributed by atoms with E-state index in [1.165, 1.54) is 0 Å². The van der Waals surface area contributed by atoms with Crippen molar-refractivity contribution >= 4 is 41.9 Å². The number of amides is 1. The van der Waals surface area contributed by atoms with Gasteiger partial charge in [-0.2, -0.15) is 0 Å². The van der Waals surface area contributed by atoms with E-state index in [1.54, 1.807) is 18.6 Å². The summed E-state index contributed by atoms with van der Waals surface area (Å²) < 4.78 is 7.96. The van der Waals surface area contributed by atoms with Crippen molar-refractivity contribution in [3.8, 4) is 0 Å². The molecule has 2 fully saturated rings. The van der Waals surface area contributed by atoms with Crippen LogP contribution in [0.15, 0.2) is 18.6 Å². The molecular weight excluding hydrogens is 401 g/mol. The predicted molar refractivity (Wildman–Crippen MR) is 114 cm³/mol. The number of ether oxygens (including phenoxy) is 1. The number of aromatic nitrogens is 3. The van der Waals surface area contributed by atoms with E-state index in [4.69, 9.17) is 4.74 Å². The number of hydrogen-bond donors (Lipinski definition) is 2. The highest BCUT2D eigenvalue weighted by atomic mass is 35.5. The fourth-order valence-corrected chi connectivity index (χ4v) is 4.06. The van der Waals surface area contributed by atoms with Gasteiger partial charge in [0.25, 0.3) is 5.91 Å². The van der Waals surface area contributed by atoms with Crippen LogP contribution < -0.4 is 10.6 Å². The molecule has 2 aliphatic heterocycles. The molecule has 156 valence electrons. The SMILES string of the molecule is CC(C)n1cnc2cc(C(=O)NCC3CC4(CCNCC4)CO3)cnc21.Cl.Cl. The lowest BCUT2D eigenvalue weighted by Gasteiger charge is -2.32. The van der Waals surface area contributed by atoms with E-state index >= 15 is 0 Å². The minimum absolute atomic E-state index is 0. The number of hydrogen-bond acceptors (Lipinski definition) is 5. The monoisotopic (exact) mass is 429 g/mol. The molecule has 4 rings (SSSR count). The molecule has 2 saturated heterocycles. The highest BCUT2D eigenvalue weighted by Crippen LogP contribution is 2.40. The van der Waals surface area contributed by atoms with E-state index in [-0.39, 0.29) is 42.9 Å². The second kappa shape index (κ2) is 9.39. The zero-order valence-electron chi connectivity index (χ0n) is 16.3. The number of piperidine rings is 1. The van der Waals surface area contributed by atoms with Crippen molar-refractivity contribution in [2.24, 2.45) is 5.41 Å². The summed E-state index contributed by atoms with van der Waals surface area (Å²) in [5, 5.41) is 6.41. The Kier molecular flexibility index (Phi) is 7.67. The lowest BCUT2D eigenvalue weighted by atomic mass is 9.77. The standard InChI is InChI=1S/C19H27N5O2.2ClH/c1-13(2)24-12-23-16-7-14(9-21-17(16)24)18(25)22-10-15-8-19(11-26-15)3-5-20-6-4-19;;/h7,9,12-13,15,20H,3-6,8,10-11H2,1-2H3,(H,22,25);2*1H. The minimum Gasteiger partial charge on any atom is -0.376 e. The van der Waals surface area contributed by atoms with Gasteiger partial charge in [0, 0.05) is 18.8 Å². The van der Waals surface area contributed by atoms with E-state index in [1.807, 2.05) is 4.57 Å². The third kappa shape index (κ3) is 4.59. The number of carbonyl (C=O) groups excluding carboxylic acids is 1. The molecule has 2 N–H and O–H groups in total. The molecular formula is C19H29Cl2N5O2. The largest absolute Gasteiger partial charge is 0.376 e. The van der Waals surface area contributed by atoms with Gasteiger partial charge in [-0.15, -0.1) is 24.8 Å². The summed E-state index contributed by atoms with van der Waals surface area (Å²) in [6.07, 6.45) is 6.86. The zero-order chi connectivity index (χ0) is 18.1. The van der Waals surface area contributed by atoms with Crippen LogP contribution in [0.3, 0.4) is 0 Å². The van der Waals surface area contributed by atoms with E-state index in [2.05, 4.69) is 34.4 Å². The summed E-state index contributed by atoms with van der Waals surface area (Å²) in [6, 6.07) is 2.09. The maximum atomic E-state index is 12.5. The number of fused-ring (bicyclic) bond motifs is 1. The average Bonchev–Trinajstić information content (AvgIpc) is 3.24. The van der Waals surface area contributed by atoms with Crippen molar-refractivity contribution in [1.29, 1.82) is 0 Å². The maximum Gasteiger partial charge on any atom is 0.253 e. The van der Waals surface area contributed by atoms with Crippen molar-refractivity contribution in [1.82, 2.24) is 25.2 Å². The third-order valence-corrected chi connectivity index (χ3v) is 5.67. The molecule has 2 aliphatic rings. The van der Waals surface area contributed by atoms with Gasteiger partial charge in [-0.05, 0) is 57.7 Å². The van der Waals surface area contributed by atoms with Gasteiger partial charge in [-0.3, -0.25) is 4.79 Å². The Hall–Kier alpha value is -1.41. The predicted octanol–water partition coefficient (Wildman–Crippen LogP) is 2.74. The normalized spacial score (nSPS) is 20.8. The highest BCUT2D eigenvalue weighted by molar-refractivity contribution is 5.96. The lowest BCUT2D eigenvalue weighted by Crippen LogP contribution is -2.38. The van der Waals surface area contributed by atoms with Crippen molar-refractivity contribution in [2.45, 2.75) is 45.3 Å². The van der Waals surface area contributed by atoms with Crippen LogP contribution in [0.1, 0.15) is 49.5 Å². The lowest BCUT2D eigenvalue weighted by molar-refractivity contribution is 0.0781. The van der Waals surface area contributed by atoms with Gasteiger partial charge in [-0.1, -0.05) is 0 Å². The molecule has 1 amide bonds. The van der Waals surface area contributed by atoms with Gasteiger partial charge in [0.15, 0.2) is 5.65 Å². The third-order valence-electron chi connectivity index (χ3n) is 5.67. The molecule has 9 heteroatoms. The fourth-order valence-electron chi connectivity index (χ4n) is 4.06. The second-order valence-corrected chi connectivity index (χ2v) is 7.91. The number of rotatable bonds is 4. The Labute approximate surface area is 177 Å². The van der Waals surface area contributed by atoms with Crippen molar-refractivity contribution in [2.75, 3.05) is 26.2 Å². The highest BCUT2D eigenvalue weighted by Gasteiger charge is 2.40. The Balaban J connectivity index is 0.00000140. The van der Waals surface area contributed by atoms with E-state index in [9.17, 15) is 4.79 Å². The average molecular weight is 430 g/mol. The van der Waals surface area contributed by atoms with Crippen LogP contribution >= 0.6 is 24.8 Å². The summed E-state index contributed by atoms with van der Waals surface area (Å²) in [5.41, 5.74) is 2.41. The summed E-state index contributed by atoms with van der Waals surface area (Å²) in [4.78, 5) is 21.3. The van der Waals surface area contributed by atoms with Gasteiger partial charge < -0.3 is 19.9 Å². The molecule has 0 bridgehead atoms. The Morgan fingerprint density at radius 3 is 2.82 bits per heavy atom. The van der Waals surface area contributed by atoms with Gasteiger partial charge in [0.1, 0.15) is 5.52 Å². The molecule has 0 saturated carbocycles. The summed E-state index contributed by atoms with van der Waals surface area (Å²) in [7, 11) is 0. The molecule has 2 aromatic rings. The molecule has 0 radical (unpaired) electrons. The quantitative estimate of drug-likeness (QED) is 0.780. The number of carbonyl (C=O) groups is 1. The van der Waals surface area contributed by atoms with Gasteiger partial charge in [0.2, 0.25) is 0 Å². The van der Waals surface area contributed by atoms with E-state index in [0.29, 0.717) is 17.5 Å². The second-order valence-electron chi connectivity index (χ2n) is 7.91. The summed E-state index contributed by atoms with van der Waals surface area (Å²) in [5.74, 6) is -0.117. The molecule has 0 aliphatic carbocycles. The van der Waals surface area contributed by atoms with Crippen LogP contribution in [0.25, 0.3) is 11.2 Å². The first-order chi connectivity index (χ1) is 12.6. The number of pyridine rings is 1. The fraction of sp³-hybridized carbons (Fsp3) is 0.632. The first-order valence-corrected chi connectivity index (χ1v) is 9.49. The summed E-state index contributed by atoms with van der Waals surface area (Å²) in [6.45, 7) is 7.66. The molecule has 1 unspecified atom stereocenters. The molecule has 1 spiro atoms. The van der Waals surface area contributed by atoms with E-state index < -0.39 is 0 Å². The Bertz CT molecular complexity index is 805. The van der Waals surface area contributed by atoms with Crippen LogP contribution in [-0.4, -0.2) is 52.8 Å². The first kappa shape index (κ1) is 22.9. The van der Waals surface area contributed by atoms with Crippen molar-refractivity contribution < 1.29 is 9.53 Å². The Morgan fingerprint density at radius 2 is 2.11 bits per heavy atom. The maximum absolute atomic E-state index is 12.5. The van der Waals surface area contributed by atoms with Crippen LogP contribution in [-0.2, 0) is 4.74 Å².